The highest BCUT2D eigenvalue weighted by Crippen LogP contribution is 2.39. The minimum absolute atomic E-state index is 0.114. The summed E-state index contributed by atoms with van der Waals surface area (Å²) in [5.41, 5.74) is 2.89. The number of ether oxygens (including phenoxy) is 2. The molecule has 0 unspecified atom stereocenters. The van der Waals surface area contributed by atoms with Gasteiger partial charge in [0.2, 0.25) is 0 Å². The maximum atomic E-state index is 13.3. The van der Waals surface area contributed by atoms with Gasteiger partial charge in [0.1, 0.15) is 6.61 Å². The van der Waals surface area contributed by atoms with Gasteiger partial charge in [0, 0.05) is 17.7 Å². The van der Waals surface area contributed by atoms with Gasteiger partial charge in [-0.3, -0.25) is 19.8 Å². The molecule has 37 heavy (non-hydrogen) atoms. The first kappa shape index (κ1) is 26.1. The lowest BCUT2D eigenvalue weighted by Gasteiger charge is -2.17. The van der Waals surface area contributed by atoms with Crippen molar-refractivity contribution in [2.45, 2.75) is 20.0 Å². The highest BCUT2D eigenvalue weighted by Gasteiger charge is 2.34. The third-order valence-corrected chi connectivity index (χ3v) is 6.74. The first-order valence-corrected chi connectivity index (χ1v) is 12.7. The summed E-state index contributed by atoms with van der Waals surface area (Å²) < 4.78 is 12.4. The number of anilines is 1. The maximum absolute atomic E-state index is 13.3. The number of nitro benzene ring substituents is 1. The predicted molar refractivity (Wildman–Crippen MR) is 151 cm³/mol. The van der Waals surface area contributed by atoms with Crippen molar-refractivity contribution in [2.75, 3.05) is 11.5 Å². The van der Waals surface area contributed by atoms with Crippen LogP contribution in [0, 0.1) is 10.1 Å². The molecule has 4 rings (SSSR count). The number of carbonyl (C=O) groups excluding carboxylic acids is 1. The number of hydrogen-bond acceptors (Lipinski definition) is 7. The van der Waals surface area contributed by atoms with Crippen LogP contribution < -0.4 is 14.4 Å². The fraction of sp³-hybridized carbons (Fsp3) is 0.143. The zero-order valence-electron chi connectivity index (χ0n) is 20.1. The van der Waals surface area contributed by atoms with Crippen molar-refractivity contribution in [3.8, 4) is 11.5 Å². The molecule has 0 aromatic heterocycles. The molecule has 1 amide bonds. The van der Waals surface area contributed by atoms with Gasteiger partial charge in [-0.1, -0.05) is 66.5 Å². The number of non-ortho nitro benzene ring substituents is 1. The summed E-state index contributed by atoms with van der Waals surface area (Å²) >= 11 is 6.58. The van der Waals surface area contributed by atoms with E-state index in [0.29, 0.717) is 46.0 Å². The molecule has 1 aliphatic heterocycles. The van der Waals surface area contributed by atoms with Crippen molar-refractivity contribution in [3.05, 3.63) is 111 Å². The number of thiocarbonyl (C=S) groups is 1. The number of amides is 1. The zero-order chi connectivity index (χ0) is 26.4. The minimum Gasteiger partial charge on any atom is -0.490 e. The smallest absolute Gasteiger partial charge is 0.271 e. The van der Waals surface area contributed by atoms with Crippen LogP contribution in [-0.4, -0.2) is 21.8 Å². The molecule has 0 N–H and O–H groups in total. The van der Waals surface area contributed by atoms with Crippen LogP contribution in [0.1, 0.15) is 23.6 Å². The molecular formula is C28H24N2O5S2. The Kier molecular flexibility index (Phi) is 8.37. The van der Waals surface area contributed by atoms with E-state index in [2.05, 4.69) is 6.58 Å². The molecule has 9 heteroatoms. The molecule has 3 aromatic rings. The Balaban J connectivity index is 1.67. The molecule has 188 valence electrons. The van der Waals surface area contributed by atoms with Crippen LogP contribution in [0.4, 0.5) is 11.4 Å². The van der Waals surface area contributed by atoms with E-state index in [4.69, 9.17) is 21.7 Å². The molecule has 0 atom stereocenters. The number of hydrogen-bond donors (Lipinski definition) is 0. The number of rotatable bonds is 10. The van der Waals surface area contributed by atoms with Crippen molar-refractivity contribution >= 4 is 51.7 Å². The Labute approximate surface area is 224 Å². The Morgan fingerprint density at radius 3 is 2.59 bits per heavy atom. The van der Waals surface area contributed by atoms with Crippen molar-refractivity contribution in [3.63, 3.8) is 0 Å². The summed E-state index contributed by atoms with van der Waals surface area (Å²) in [5, 5.41) is 11.2. The van der Waals surface area contributed by atoms with Gasteiger partial charge < -0.3 is 9.47 Å². The summed E-state index contributed by atoms with van der Waals surface area (Å²) in [6, 6.07) is 19.5. The summed E-state index contributed by atoms with van der Waals surface area (Å²) in [4.78, 5) is 25.7. The van der Waals surface area contributed by atoms with Crippen LogP contribution in [-0.2, 0) is 17.8 Å². The van der Waals surface area contributed by atoms with Gasteiger partial charge in [0.25, 0.3) is 11.6 Å². The summed E-state index contributed by atoms with van der Waals surface area (Å²) in [6.45, 7) is 6.58. The van der Waals surface area contributed by atoms with Crippen LogP contribution in [0.5, 0.6) is 11.5 Å². The molecule has 7 nitrogen and oxygen atoms in total. The van der Waals surface area contributed by atoms with Gasteiger partial charge >= 0.3 is 0 Å². The average molecular weight is 533 g/mol. The fourth-order valence-electron chi connectivity index (χ4n) is 3.82. The number of allylic oxidation sites excluding steroid dienone is 1. The minimum atomic E-state index is -0.505. The Hall–Kier alpha value is -3.95. The monoisotopic (exact) mass is 532 g/mol. The van der Waals surface area contributed by atoms with Gasteiger partial charge in [-0.25, -0.2) is 0 Å². The second kappa shape index (κ2) is 11.9. The largest absolute Gasteiger partial charge is 0.490 e. The molecule has 0 saturated carbocycles. The van der Waals surface area contributed by atoms with Crippen molar-refractivity contribution in [1.29, 1.82) is 0 Å². The van der Waals surface area contributed by atoms with Gasteiger partial charge in [-0.15, -0.1) is 6.58 Å². The fourth-order valence-corrected chi connectivity index (χ4v) is 5.12. The molecule has 0 spiro atoms. The molecule has 1 aliphatic rings. The first-order chi connectivity index (χ1) is 17.9. The lowest BCUT2D eigenvalue weighted by atomic mass is 10.0. The van der Waals surface area contributed by atoms with E-state index >= 15 is 0 Å². The van der Waals surface area contributed by atoms with Crippen LogP contribution in [0.2, 0.25) is 0 Å². The molecule has 0 aliphatic carbocycles. The lowest BCUT2D eigenvalue weighted by molar-refractivity contribution is -0.384. The van der Waals surface area contributed by atoms with Crippen LogP contribution >= 0.6 is 24.0 Å². The SMILES string of the molecule is C=CCc1cc(/C=C2/SC(=S)N(c3cccc([N+](=O)[O-])c3)C2=O)cc(OCC)c1OCc1ccccc1. The van der Waals surface area contributed by atoms with Gasteiger partial charge in [-0.05, 0) is 48.7 Å². The van der Waals surface area contributed by atoms with Crippen LogP contribution in [0.3, 0.4) is 0 Å². The molecule has 1 heterocycles. The Bertz CT molecular complexity index is 1390. The average Bonchev–Trinajstić information content (AvgIpc) is 3.16. The van der Waals surface area contributed by atoms with E-state index in [0.717, 1.165) is 28.5 Å². The van der Waals surface area contributed by atoms with Crippen molar-refractivity contribution < 1.29 is 19.2 Å². The molecule has 1 fully saturated rings. The number of nitro groups is 1. The maximum Gasteiger partial charge on any atom is 0.271 e. The van der Waals surface area contributed by atoms with Gasteiger partial charge in [-0.2, -0.15) is 0 Å². The van der Waals surface area contributed by atoms with E-state index < -0.39 is 4.92 Å². The predicted octanol–water partition coefficient (Wildman–Crippen LogP) is 6.71. The van der Waals surface area contributed by atoms with Crippen LogP contribution in [0.25, 0.3) is 6.08 Å². The normalized spacial score (nSPS) is 14.2. The van der Waals surface area contributed by atoms with E-state index in [9.17, 15) is 14.9 Å². The Morgan fingerprint density at radius 1 is 1.11 bits per heavy atom. The highest BCUT2D eigenvalue weighted by molar-refractivity contribution is 8.27. The zero-order valence-corrected chi connectivity index (χ0v) is 21.7. The molecule has 3 aromatic carbocycles. The van der Waals surface area contributed by atoms with E-state index in [-0.39, 0.29) is 11.6 Å². The summed E-state index contributed by atoms with van der Waals surface area (Å²) in [5.74, 6) is 0.855. The molecule has 0 radical (unpaired) electrons. The number of benzene rings is 3. The first-order valence-electron chi connectivity index (χ1n) is 11.5. The lowest BCUT2D eigenvalue weighted by Crippen LogP contribution is -2.27. The molecule has 1 saturated heterocycles. The second-order valence-corrected chi connectivity index (χ2v) is 9.68. The number of nitrogens with zero attached hydrogens (tertiary/aromatic N) is 2. The standard InChI is InChI=1S/C28H24N2O5S2/c1-3-9-21-14-20(15-24(34-4-2)26(21)35-18-19-10-6-5-7-11-19)16-25-27(31)29(28(36)37-25)22-12-8-13-23(17-22)30(32)33/h3,5-8,10-17H,1,4,9,18H2,2H3/b25-16+. The topological polar surface area (TPSA) is 81.9 Å². The molecule has 0 bridgehead atoms. The van der Waals surface area contributed by atoms with Crippen molar-refractivity contribution in [2.24, 2.45) is 0 Å². The van der Waals surface area contributed by atoms with Crippen molar-refractivity contribution in [1.82, 2.24) is 0 Å². The number of thioether (sulfide) groups is 1. The van der Waals surface area contributed by atoms with Gasteiger partial charge in [0.15, 0.2) is 15.8 Å². The van der Waals surface area contributed by atoms with E-state index in [1.54, 1.807) is 18.2 Å². The summed E-state index contributed by atoms with van der Waals surface area (Å²) in [6.07, 6.45) is 4.07. The molecular weight excluding hydrogens is 508 g/mol. The van der Waals surface area contributed by atoms with Gasteiger partial charge in [0.05, 0.1) is 22.1 Å². The highest BCUT2D eigenvalue weighted by atomic mass is 32.2. The third kappa shape index (κ3) is 6.07. The third-order valence-electron chi connectivity index (χ3n) is 5.43. The van der Waals surface area contributed by atoms with Crippen LogP contribution in [0.15, 0.2) is 84.3 Å². The Morgan fingerprint density at radius 2 is 1.89 bits per heavy atom. The summed E-state index contributed by atoms with van der Waals surface area (Å²) in [7, 11) is 0. The van der Waals surface area contributed by atoms with E-state index in [1.165, 1.54) is 23.1 Å². The second-order valence-electron chi connectivity index (χ2n) is 8.00. The van der Waals surface area contributed by atoms with E-state index in [1.807, 2.05) is 49.4 Å². The quantitative estimate of drug-likeness (QED) is 0.0944. The number of carbonyl (C=O) groups is 1.